The predicted molar refractivity (Wildman–Crippen MR) is 93.5 cm³/mol. The van der Waals surface area contributed by atoms with Crippen LogP contribution in [0.1, 0.15) is 64.3 Å². The summed E-state index contributed by atoms with van der Waals surface area (Å²) < 4.78 is 0. The van der Waals surface area contributed by atoms with Gasteiger partial charge in [-0.3, -0.25) is 0 Å². The standard InChI is InChI=1S/C3H6.2C2H6.4CH4.I2/c1-3-2;2*1-2;;;;;1-2/h3H,1H2,2H3;2*1-2H3;4*1H4;. The largest absolute Gasteiger partial charge is 0.103 e. The summed E-state index contributed by atoms with van der Waals surface area (Å²) in [5.41, 5.74) is 0. The smallest absolute Gasteiger partial charge is 0 e. The second-order valence-corrected chi connectivity index (χ2v) is 0.408. The highest BCUT2D eigenvalue weighted by atomic mass is 128. The Morgan fingerprint density at radius 3 is 0.769 bits per heavy atom. The third-order valence-electron chi connectivity index (χ3n) is 0. The fraction of sp³-hybridized carbons (Fsp3) is 0.818. The van der Waals surface area contributed by atoms with E-state index in [-0.39, 0.29) is 29.7 Å². The van der Waals surface area contributed by atoms with Gasteiger partial charge >= 0.3 is 0 Å². The Morgan fingerprint density at radius 2 is 0.769 bits per heavy atom. The van der Waals surface area contributed by atoms with Crippen LogP contribution in [0.5, 0.6) is 0 Å². The van der Waals surface area contributed by atoms with Crippen LogP contribution in [0, 0.1) is 0 Å². The van der Waals surface area contributed by atoms with Gasteiger partial charge in [0.2, 0.25) is 0 Å². The molecule has 92 valence electrons. The van der Waals surface area contributed by atoms with Gasteiger partial charge in [0.05, 0.1) is 0 Å². The summed E-state index contributed by atoms with van der Waals surface area (Å²) in [5.74, 6) is 0. The summed E-state index contributed by atoms with van der Waals surface area (Å²) in [5, 5.41) is 0. The van der Waals surface area contributed by atoms with Crippen molar-refractivity contribution in [3.63, 3.8) is 0 Å². The number of hydrogen-bond acceptors (Lipinski definition) is 0. The van der Waals surface area contributed by atoms with Crippen molar-refractivity contribution >= 4 is 37.2 Å². The zero-order valence-corrected chi connectivity index (χ0v) is 11.4. The third kappa shape index (κ3) is 1150. The van der Waals surface area contributed by atoms with Crippen LogP contribution in [0.4, 0.5) is 0 Å². The molecule has 0 aromatic rings. The minimum absolute atomic E-state index is 0. The molecule has 0 spiro atoms. The van der Waals surface area contributed by atoms with Crippen LogP contribution in [0.3, 0.4) is 0 Å². The molecule has 0 aromatic carbocycles. The molecular weight excluding hydrogens is 386 g/mol. The summed E-state index contributed by atoms with van der Waals surface area (Å²) in [4.78, 5) is 0. The minimum Gasteiger partial charge on any atom is -0.103 e. The number of rotatable bonds is 0. The maximum Gasteiger partial charge on any atom is 0 e. The summed E-state index contributed by atoms with van der Waals surface area (Å²) in [6.07, 6.45) is 1.75. The molecule has 0 aliphatic carbocycles. The van der Waals surface area contributed by atoms with E-state index < -0.39 is 0 Å². The summed E-state index contributed by atoms with van der Waals surface area (Å²) >= 11 is 4.24. The van der Waals surface area contributed by atoms with Gasteiger partial charge in [0.25, 0.3) is 0 Å². The monoisotopic (exact) mass is 420 g/mol. The van der Waals surface area contributed by atoms with E-state index in [2.05, 4.69) is 43.8 Å². The fourth-order valence-electron chi connectivity index (χ4n) is 0. The van der Waals surface area contributed by atoms with Gasteiger partial charge in [0.1, 0.15) is 0 Å². The second kappa shape index (κ2) is 406. The van der Waals surface area contributed by atoms with Gasteiger partial charge in [0, 0.05) is 37.2 Å². The molecule has 0 N–H and O–H groups in total. The van der Waals surface area contributed by atoms with Gasteiger partial charge in [-0.25, -0.2) is 0 Å². The van der Waals surface area contributed by atoms with Crippen LogP contribution in [-0.2, 0) is 0 Å². The molecular formula is C11H34I2. The van der Waals surface area contributed by atoms with E-state index in [4.69, 9.17) is 0 Å². The molecule has 0 fully saturated rings. The highest BCUT2D eigenvalue weighted by Gasteiger charge is 1.15. The molecule has 0 heterocycles. The zero-order chi connectivity index (χ0) is 8.71. The maximum absolute atomic E-state index is 3.36. The first-order valence-corrected chi connectivity index (χ1v) is 9.41. The number of hydrogen-bond donors (Lipinski definition) is 0. The molecule has 2 heteroatoms. The van der Waals surface area contributed by atoms with Crippen molar-refractivity contribution in [2.24, 2.45) is 0 Å². The van der Waals surface area contributed by atoms with Crippen LogP contribution < -0.4 is 0 Å². The molecule has 0 saturated carbocycles. The molecule has 0 bridgehead atoms. The Balaban J connectivity index is -0.00000000394. The summed E-state index contributed by atoms with van der Waals surface area (Å²) in [7, 11) is 0. The van der Waals surface area contributed by atoms with Crippen LogP contribution in [0.2, 0.25) is 0 Å². The van der Waals surface area contributed by atoms with Crippen molar-refractivity contribution in [2.45, 2.75) is 64.3 Å². The van der Waals surface area contributed by atoms with Gasteiger partial charge in [-0.2, -0.15) is 0 Å². The quantitative estimate of drug-likeness (QED) is 0.280. The highest BCUT2D eigenvalue weighted by Crippen LogP contribution is 1.89. The maximum atomic E-state index is 3.36. The van der Waals surface area contributed by atoms with Crippen molar-refractivity contribution in [3.8, 4) is 0 Å². The molecule has 0 atom stereocenters. The Kier molecular flexibility index (Phi) is 2010. The Labute approximate surface area is 113 Å². The number of allylic oxidation sites excluding steroid dienone is 1. The van der Waals surface area contributed by atoms with E-state index in [0.717, 1.165) is 0 Å². The Hall–Kier alpha value is 1.20. The van der Waals surface area contributed by atoms with Crippen LogP contribution in [-0.4, -0.2) is 0 Å². The van der Waals surface area contributed by atoms with E-state index in [9.17, 15) is 0 Å². The van der Waals surface area contributed by atoms with Gasteiger partial charge < -0.3 is 0 Å². The van der Waals surface area contributed by atoms with E-state index in [1.54, 1.807) is 6.08 Å². The van der Waals surface area contributed by atoms with Crippen LogP contribution >= 0.6 is 37.2 Å². The number of halogens is 2. The van der Waals surface area contributed by atoms with Crippen LogP contribution in [0.25, 0.3) is 0 Å². The molecule has 0 aromatic heterocycles. The topological polar surface area (TPSA) is 0 Å². The first-order chi connectivity index (χ1) is 4.41. The van der Waals surface area contributed by atoms with Crippen molar-refractivity contribution < 1.29 is 0 Å². The molecule has 13 heavy (non-hydrogen) atoms. The lowest BCUT2D eigenvalue weighted by molar-refractivity contribution is 1.50. The van der Waals surface area contributed by atoms with Gasteiger partial charge in [-0.15, -0.1) is 6.58 Å². The Bertz CT molecular complexity index is 15.6. The predicted octanol–water partition coefficient (Wildman–Crippen LogP) is 7.56. The molecule has 0 aliphatic heterocycles. The van der Waals surface area contributed by atoms with Gasteiger partial charge in [-0.05, 0) is 6.92 Å². The SMILES string of the molecule is C.C.C.C.C=CC.CC.CC.II. The van der Waals surface area contributed by atoms with E-state index in [0.29, 0.717) is 0 Å². The molecule has 0 amide bonds. The van der Waals surface area contributed by atoms with Crippen molar-refractivity contribution in [3.05, 3.63) is 12.7 Å². The third-order valence-corrected chi connectivity index (χ3v) is 0. The van der Waals surface area contributed by atoms with Gasteiger partial charge in [0.15, 0.2) is 0 Å². The molecule has 0 unspecified atom stereocenters. The van der Waals surface area contributed by atoms with Crippen molar-refractivity contribution in [1.29, 1.82) is 0 Å². The van der Waals surface area contributed by atoms with E-state index >= 15 is 0 Å². The van der Waals surface area contributed by atoms with E-state index in [1.165, 1.54) is 0 Å². The lowest BCUT2D eigenvalue weighted by atomic mass is 10.8. The Morgan fingerprint density at radius 1 is 0.769 bits per heavy atom. The normalized spacial score (nSPS) is 2.38. The average molecular weight is 420 g/mol. The molecule has 0 saturated heterocycles. The second-order valence-electron chi connectivity index (χ2n) is 0.408. The highest BCUT2D eigenvalue weighted by molar-refractivity contribution is 15.0. The first-order valence-electron chi connectivity index (χ1n) is 3.13. The lowest BCUT2D eigenvalue weighted by Gasteiger charge is -1.31. The van der Waals surface area contributed by atoms with Gasteiger partial charge in [-0.1, -0.05) is 63.5 Å². The molecule has 0 aliphatic rings. The minimum atomic E-state index is 0. The van der Waals surface area contributed by atoms with E-state index in [1.807, 2.05) is 34.6 Å². The van der Waals surface area contributed by atoms with Crippen molar-refractivity contribution in [2.75, 3.05) is 0 Å². The molecule has 0 nitrogen and oxygen atoms in total. The van der Waals surface area contributed by atoms with Crippen LogP contribution in [0.15, 0.2) is 12.7 Å². The average Bonchev–Trinajstić information content (AvgIpc) is 2.01. The summed E-state index contributed by atoms with van der Waals surface area (Å²) in [6, 6.07) is 0. The summed E-state index contributed by atoms with van der Waals surface area (Å²) in [6.45, 7) is 13.2. The fourth-order valence-corrected chi connectivity index (χ4v) is 0. The zero-order valence-electron chi connectivity index (χ0n) is 7.04. The molecule has 0 rings (SSSR count). The van der Waals surface area contributed by atoms with Crippen molar-refractivity contribution in [1.82, 2.24) is 0 Å². The lowest BCUT2D eigenvalue weighted by Crippen LogP contribution is -1.07. The first kappa shape index (κ1) is 64.4. The molecule has 0 radical (unpaired) electrons.